The normalized spacial score (nSPS) is 13.7. The first-order valence-electron chi connectivity index (χ1n) is 10.0. The van der Waals surface area contributed by atoms with Crippen molar-refractivity contribution in [3.05, 3.63) is 52.5 Å². The molecule has 9 heteroatoms. The van der Waals surface area contributed by atoms with E-state index < -0.39 is 0 Å². The van der Waals surface area contributed by atoms with E-state index in [4.69, 9.17) is 21.6 Å². The number of nitrogens with one attached hydrogen (secondary N) is 1. The van der Waals surface area contributed by atoms with Gasteiger partial charge in [-0.15, -0.1) is 22.6 Å². The maximum Gasteiger partial charge on any atom is 0.159 e. The van der Waals surface area contributed by atoms with Gasteiger partial charge in [-0.1, -0.05) is 17.7 Å². The van der Waals surface area contributed by atoms with Gasteiger partial charge in [0, 0.05) is 36.3 Å². The van der Waals surface area contributed by atoms with Crippen LogP contribution in [0.3, 0.4) is 0 Å². The van der Waals surface area contributed by atoms with Crippen LogP contribution in [0.15, 0.2) is 36.4 Å². The summed E-state index contributed by atoms with van der Waals surface area (Å²) in [6.07, 6.45) is 1.63. The second-order valence-electron chi connectivity index (χ2n) is 7.46. The van der Waals surface area contributed by atoms with Crippen LogP contribution in [0.1, 0.15) is 24.0 Å². The zero-order valence-corrected chi connectivity index (χ0v) is 19.1. The number of hydrogen-bond donors (Lipinski definition) is 1. The minimum Gasteiger partial charge on any atom is -0.495 e. The highest BCUT2D eigenvalue weighted by atomic mass is 35.5. The van der Waals surface area contributed by atoms with Crippen LogP contribution in [0.4, 0.5) is 11.6 Å². The lowest BCUT2D eigenvalue weighted by Gasteiger charge is -2.30. The van der Waals surface area contributed by atoms with Gasteiger partial charge in [0.1, 0.15) is 5.75 Å². The second kappa shape index (κ2) is 10.4. The summed E-state index contributed by atoms with van der Waals surface area (Å²) in [5, 5.41) is 33.1. The SMILES string of the molecule is COc1ccc(CNc2nnc(N3CCC(C#N)CC3)c3ccc(C#N)cc23)cc1Cl.Cl. The second-order valence-corrected chi connectivity index (χ2v) is 7.86. The summed E-state index contributed by atoms with van der Waals surface area (Å²) >= 11 is 6.23. The Hall–Kier alpha value is -3.26. The number of hydrogen-bond acceptors (Lipinski definition) is 7. The molecule has 0 amide bonds. The third-order valence-corrected chi connectivity index (χ3v) is 5.84. The summed E-state index contributed by atoms with van der Waals surface area (Å²) in [4.78, 5) is 2.17. The Labute approximate surface area is 198 Å². The molecule has 1 saturated heterocycles. The molecule has 0 spiro atoms. The summed E-state index contributed by atoms with van der Waals surface area (Å²) in [5.41, 5.74) is 1.53. The fourth-order valence-corrected chi connectivity index (χ4v) is 4.08. The molecule has 3 aromatic rings. The van der Waals surface area contributed by atoms with Gasteiger partial charge in [0.2, 0.25) is 0 Å². The minimum absolute atomic E-state index is 0. The van der Waals surface area contributed by atoms with Crippen LogP contribution in [0, 0.1) is 28.6 Å². The molecular formula is C23H22Cl2N6O. The molecule has 4 rings (SSSR count). The van der Waals surface area contributed by atoms with Crippen molar-refractivity contribution < 1.29 is 4.74 Å². The van der Waals surface area contributed by atoms with E-state index in [9.17, 15) is 5.26 Å². The van der Waals surface area contributed by atoms with E-state index in [-0.39, 0.29) is 18.3 Å². The van der Waals surface area contributed by atoms with Crippen LogP contribution in [0.25, 0.3) is 10.8 Å². The number of benzene rings is 2. The monoisotopic (exact) mass is 468 g/mol. The highest BCUT2D eigenvalue weighted by molar-refractivity contribution is 6.32. The maximum atomic E-state index is 9.38. The van der Waals surface area contributed by atoms with E-state index in [0.29, 0.717) is 28.7 Å². The molecule has 1 N–H and O–H groups in total. The van der Waals surface area contributed by atoms with Crippen molar-refractivity contribution in [2.75, 3.05) is 30.4 Å². The topological polar surface area (TPSA) is 97.9 Å². The average molecular weight is 469 g/mol. The first-order chi connectivity index (χ1) is 15.1. The fraction of sp³-hybridized carbons (Fsp3) is 0.304. The number of aromatic nitrogens is 2. The Morgan fingerprint density at radius 3 is 2.56 bits per heavy atom. The lowest BCUT2D eigenvalue weighted by atomic mass is 9.98. The molecule has 1 fully saturated rings. The zero-order chi connectivity index (χ0) is 21.8. The van der Waals surface area contributed by atoms with Crippen molar-refractivity contribution in [1.29, 1.82) is 10.5 Å². The quantitative estimate of drug-likeness (QED) is 0.565. The Kier molecular flexibility index (Phi) is 7.58. The van der Waals surface area contributed by atoms with Gasteiger partial charge >= 0.3 is 0 Å². The highest BCUT2D eigenvalue weighted by Crippen LogP contribution is 2.32. The number of methoxy groups -OCH3 is 1. The number of rotatable bonds is 5. The fourth-order valence-electron chi connectivity index (χ4n) is 3.80. The number of halogens is 2. The van der Waals surface area contributed by atoms with E-state index in [2.05, 4.69) is 32.6 Å². The van der Waals surface area contributed by atoms with Crippen molar-refractivity contribution in [3.8, 4) is 17.9 Å². The first-order valence-corrected chi connectivity index (χ1v) is 10.4. The van der Waals surface area contributed by atoms with Gasteiger partial charge < -0.3 is 15.0 Å². The number of nitrogens with zero attached hydrogens (tertiary/aromatic N) is 5. The molecule has 1 aromatic heterocycles. The van der Waals surface area contributed by atoms with Gasteiger partial charge in [-0.3, -0.25) is 0 Å². The molecule has 0 radical (unpaired) electrons. The van der Waals surface area contributed by atoms with Crippen LogP contribution in [0.2, 0.25) is 5.02 Å². The Morgan fingerprint density at radius 1 is 1.12 bits per heavy atom. The van der Waals surface area contributed by atoms with Gasteiger partial charge in [0.25, 0.3) is 0 Å². The van der Waals surface area contributed by atoms with E-state index in [1.54, 1.807) is 13.2 Å². The van der Waals surface area contributed by atoms with E-state index in [1.165, 1.54) is 0 Å². The number of piperidine rings is 1. The van der Waals surface area contributed by atoms with Crippen molar-refractivity contribution in [1.82, 2.24) is 10.2 Å². The Bertz CT molecular complexity index is 1200. The molecule has 0 atom stereocenters. The molecule has 0 bridgehead atoms. The third kappa shape index (κ3) is 4.80. The van der Waals surface area contributed by atoms with Crippen LogP contribution in [0.5, 0.6) is 5.75 Å². The predicted octanol–water partition coefficient (Wildman–Crippen LogP) is 4.94. The van der Waals surface area contributed by atoms with Crippen molar-refractivity contribution in [3.63, 3.8) is 0 Å². The Balaban J connectivity index is 0.00000289. The number of fused-ring (bicyclic) bond motifs is 1. The lowest BCUT2D eigenvalue weighted by Crippen LogP contribution is -2.34. The molecular weight excluding hydrogens is 447 g/mol. The first kappa shape index (κ1) is 23.4. The standard InChI is InChI=1S/C23H21ClN6O.ClH/c1-31-21-5-3-17(11-20(21)24)14-27-22-19-10-16(13-26)2-4-18(19)23(29-28-22)30-8-6-15(12-25)7-9-30;/h2-5,10-11,15H,6-9,14H2,1H3,(H,27,28);1H. The molecule has 32 heavy (non-hydrogen) atoms. The largest absolute Gasteiger partial charge is 0.495 e. The minimum atomic E-state index is 0. The van der Waals surface area contributed by atoms with Gasteiger partial charge in [0.15, 0.2) is 11.6 Å². The number of ether oxygens (including phenoxy) is 1. The third-order valence-electron chi connectivity index (χ3n) is 5.54. The van der Waals surface area contributed by atoms with Crippen LogP contribution < -0.4 is 15.0 Å². The molecule has 7 nitrogen and oxygen atoms in total. The predicted molar refractivity (Wildman–Crippen MR) is 127 cm³/mol. The van der Waals surface area contributed by atoms with E-state index >= 15 is 0 Å². The molecule has 0 aliphatic carbocycles. The number of nitriles is 2. The van der Waals surface area contributed by atoms with Gasteiger partial charge in [0.05, 0.1) is 29.8 Å². The molecule has 164 valence electrons. The van der Waals surface area contributed by atoms with E-state index in [0.717, 1.165) is 48.1 Å². The molecule has 1 aliphatic rings. The lowest BCUT2D eigenvalue weighted by molar-refractivity contribution is 0.415. The van der Waals surface area contributed by atoms with Crippen LogP contribution in [-0.2, 0) is 6.54 Å². The molecule has 2 aromatic carbocycles. The van der Waals surface area contributed by atoms with Crippen LogP contribution in [-0.4, -0.2) is 30.4 Å². The molecule has 2 heterocycles. The average Bonchev–Trinajstić information content (AvgIpc) is 2.82. The summed E-state index contributed by atoms with van der Waals surface area (Å²) in [6, 6.07) is 15.7. The van der Waals surface area contributed by atoms with Gasteiger partial charge in [-0.05, 0) is 48.7 Å². The summed E-state index contributed by atoms with van der Waals surface area (Å²) in [6.45, 7) is 2.02. The van der Waals surface area contributed by atoms with Crippen molar-refractivity contribution in [2.45, 2.75) is 19.4 Å². The summed E-state index contributed by atoms with van der Waals surface area (Å²) < 4.78 is 5.20. The van der Waals surface area contributed by atoms with Gasteiger partial charge in [-0.25, -0.2) is 0 Å². The molecule has 1 aliphatic heterocycles. The highest BCUT2D eigenvalue weighted by Gasteiger charge is 2.22. The van der Waals surface area contributed by atoms with Gasteiger partial charge in [-0.2, -0.15) is 10.5 Å². The van der Waals surface area contributed by atoms with Crippen molar-refractivity contribution in [2.24, 2.45) is 5.92 Å². The number of anilines is 2. The molecule has 0 unspecified atom stereocenters. The smallest absolute Gasteiger partial charge is 0.159 e. The zero-order valence-electron chi connectivity index (χ0n) is 17.5. The van der Waals surface area contributed by atoms with Crippen LogP contribution >= 0.6 is 24.0 Å². The van der Waals surface area contributed by atoms with E-state index in [1.807, 2.05) is 30.3 Å². The Morgan fingerprint density at radius 2 is 1.91 bits per heavy atom. The van der Waals surface area contributed by atoms with Crippen molar-refractivity contribution >= 4 is 46.4 Å². The summed E-state index contributed by atoms with van der Waals surface area (Å²) in [5.74, 6) is 2.11. The molecule has 0 saturated carbocycles. The summed E-state index contributed by atoms with van der Waals surface area (Å²) in [7, 11) is 1.58. The maximum absolute atomic E-state index is 9.38.